The lowest BCUT2D eigenvalue weighted by atomic mass is 10.2. The van der Waals surface area contributed by atoms with Crippen LogP contribution >= 0.6 is 24.0 Å². The van der Waals surface area contributed by atoms with Crippen LogP contribution in [0.15, 0.2) is 35.3 Å². The van der Waals surface area contributed by atoms with Crippen LogP contribution < -0.4 is 16.0 Å². The first kappa shape index (κ1) is 20.2. The predicted octanol–water partition coefficient (Wildman–Crippen LogP) is 1.50. The molecule has 0 aromatic heterocycles. The Hall–Kier alpha value is -1.75. The summed E-state index contributed by atoms with van der Waals surface area (Å²) >= 11 is 0. The molecule has 0 unspecified atom stereocenters. The van der Waals surface area contributed by atoms with E-state index in [1.54, 1.807) is 0 Å². The average Bonchev–Trinajstić information content (AvgIpc) is 2.51. The van der Waals surface area contributed by atoms with Gasteiger partial charge in [0.2, 0.25) is 5.91 Å². The first-order chi connectivity index (χ1) is 10.3. The van der Waals surface area contributed by atoms with E-state index in [9.17, 15) is 4.79 Å². The van der Waals surface area contributed by atoms with E-state index in [0.717, 1.165) is 12.1 Å². The van der Waals surface area contributed by atoms with Crippen molar-refractivity contribution in [3.05, 3.63) is 35.9 Å². The Labute approximate surface area is 149 Å². The summed E-state index contributed by atoms with van der Waals surface area (Å²) in [6, 6.07) is 9.81. The summed E-state index contributed by atoms with van der Waals surface area (Å²) in [7, 11) is 0. The highest BCUT2D eigenvalue weighted by molar-refractivity contribution is 14.0. The summed E-state index contributed by atoms with van der Waals surface area (Å²) in [5.74, 6) is 3.10. The van der Waals surface area contributed by atoms with E-state index in [1.807, 2.05) is 37.3 Å². The minimum Gasteiger partial charge on any atom is -0.357 e. The number of terminal acetylenes is 1. The van der Waals surface area contributed by atoms with E-state index < -0.39 is 0 Å². The van der Waals surface area contributed by atoms with Gasteiger partial charge in [-0.1, -0.05) is 36.3 Å². The van der Waals surface area contributed by atoms with E-state index in [4.69, 9.17) is 6.42 Å². The largest absolute Gasteiger partial charge is 0.357 e. The molecule has 0 radical (unpaired) electrons. The van der Waals surface area contributed by atoms with Gasteiger partial charge in [-0.15, -0.1) is 30.4 Å². The molecule has 0 saturated heterocycles. The Kier molecular flexibility index (Phi) is 11.9. The molecule has 0 spiro atoms. The zero-order chi connectivity index (χ0) is 15.3. The lowest BCUT2D eigenvalue weighted by Gasteiger charge is -2.08. The Morgan fingerprint density at radius 1 is 1.23 bits per heavy atom. The van der Waals surface area contributed by atoms with Crippen molar-refractivity contribution in [1.29, 1.82) is 0 Å². The fraction of sp³-hybridized carbons (Fsp3) is 0.375. The molecular formula is C16H23IN4O. The topological polar surface area (TPSA) is 65.5 Å². The smallest absolute Gasteiger partial charge is 0.222 e. The monoisotopic (exact) mass is 414 g/mol. The Morgan fingerprint density at radius 2 is 1.95 bits per heavy atom. The molecule has 0 bridgehead atoms. The van der Waals surface area contributed by atoms with E-state index in [2.05, 4.69) is 26.9 Å². The van der Waals surface area contributed by atoms with Gasteiger partial charge in [0.25, 0.3) is 0 Å². The number of carbonyl (C=O) groups is 1. The molecule has 5 nitrogen and oxygen atoms in total. The number of hydrogen-bond donors (Lipinski definition) is 3. The van der Waals surface area contributed by atoms with Crippen molar-refractivity contribution in [3.63, 3.8) is 0 Å². The number of nitrogens with zero attached hydrogens (tertiary/aromatic N) is 1. The molecule has 0 aliphatic carbocycles. The molecule has 0 heterocycles. The third-order valence-corrected chi connectivity index (χ3v) is 2.64. The minimum atomic E-state index is -0.0181. The van der Waals surface area contributed by atoms with Crippen molar-refractivity contribution in [2.45, 2.75) is 19.9 Å². The van der Waals surface area contributed by atoms with Crippen LogP contribution in [0.1, 0.15) is 18.9 Å². The lowest BCUT2D eigenvalue weighted by Crippen LogP contribution is -2.37. The van der Waals surface area contributed by atoms with Crippen LogP contribution in [-0.2, 0) is 11.3 Å². The summed E-state index contributed by atoms with van der Waals surface area (Å²) in [6.45, 7) is 4.08. The van der Waals surface area contributed by atoms with Gasteiger partial charge in [0.05, 0.1) is 13.1 Å². The average molecular weight is 414 g/mol. The molecule has 1 aromatic carbocycles. The highest BCUT2D eigenvalue weighted by Gasteiger charge is 2.01. The number of aliphatic imine (C=N–C) groups is 1. The van der Waals surface area contributed by atoms with Crippen molar-refractivity contribution in [2.24, 2.45) is 4.99 Å². The number of halogens is 1. The van der Waals surface area contributed by atoms with Crippen molar-refractivity contribution >= 4 is 35.8 Å². The predicted molar refractivity (Wildman–Crippen MR) is 101 cm³/mol. The SMILES string of the molecule is C#CCNC(=NCCC(=O)NCc1ccccc1)NCC.I. The van der Waals surface area contributed by atoms with Gasteiger partial charge in [-0.05, 0) is 12.5 Å². The molecule has 120 valence electrons. The maximum atomic E-state index is 11.7. The van der Waals surface area contributed by atoms with Crippen LogP contribution in [0, 0.1) is 12.3 Å². The molecular weight excluding hydrogens is 391 g/mol. The highest BCUT2D eigenvalue weighted by atomic mass is 127. The second-order valence-corrected chi connectivity index (χ2v) is 4.33. The summed E-state index contributed by atoms with van der Waals surface area (Å²) < 4.78 is 0. The third kappa shape index (κ3) is 9.23. The molecule has 6 heteroatoms. The van der Waals surface area contributed by atoms with E-state index in [-0.39, 0.29) is 29.9 Å². The van der Waals surface area contributed by atoms with Gasteiger partial charge in [-0.3, -0.25) is 9.79 Å². The fourth-order valence-electron chi connectivity index (χ4n) is 1.63. The molecule has 1 amide bonds. The molecule has 22 heavy (non-hydrogen) atoms. The zero-order valence-corrected chi connectivity index (χ0v) is 15.1. The zero-order valence-electron chi connectivity index (χ0n) is 12.8. The number of carbonyl (C=O) groups excluding carboxylic acids is 1. The molecule has 0 fully saturated rings. The second kappa shape index (κ2) is 13.0. The normalized spacial score (nSPS) is 10.1. The van der Waals surface area contributed by atoms with Crippen LogP contribution in [0.3, 0.4) is 0 Å². The van der Waals surface area contributed by atoms with Crippen LogP contribution in [0.5, 0.6) is 0 Å². The fourth-order valence-corrected chi connectivity index (χ4v) is 1.63. The Balaban J connectivity index is 0.00000441. The third-order valence-electron chi connectivity index (χ3n) is 2.64. The van der Waals surface area contributed by atoms with Gasteiger partial charge in [-0.2, -0.15) is 0 Å². The Bertz CT molecular complexity index is 497. The van der Waals surface area contributed by atoms with E-state index >= 15 is 0 Å². The summed E-state index contributed by atoms with van der Waals surface area (Å²) in [5, 5.41) is 8.90. The number of hydrogen-bond acceptors (Lipinski definition) is 2. The molecule has 1 rings (SSSR count). The molecule has 0 atom stereocenters. The number of benzene rings is 1. The number of amides is 1. The van der Waals surface area contributed by atoms with Crippen LogP contribution in [0.25, 0.3) is 0 Å². The molecule has 1 aromatic rings. The summed E-state index contributed by atoms with van der Waals surface area (Å²) in [6.07, 6.45) is 5.53. The second-order valence-electron chi connectivity index (χ2n) is 4.33. The van der Waals surface area contributed by atoms with Gasteiger partial charge in [0.15, 0.2) is 5.96 Å². The van der Waals surface area contributed by atoms with Crippen LogP contribution in [0.2, 0.25) is 0 Å². The van der Waals surface area contributed by atoms with Crippen molar-refractivity contribution in [1.82, 2.24) is 16.0 Å². The molecule has 0 aliphatic rings. The van der Waals surface area contributed by atoms with Gasteiger partial charge in [0, 0.05) is 19.5 Å². The minimum absolute atomic E-state index is 0. The molecule has 3 N–H and O–H groups in total. The van der Waals surface area contributed by atoms with E-state index in [1.165, 1.54) is 0 Å². The lowest BCUT2D eigenvalue weighted by molar-refractivity contribution is -0.121. The maximum absolute atomic E-state index is 11.7. The maximum Gasteiger partial charge on any atom is 0.222 e. The van der Waals surface area contributed by atoms with Crippen LogP contribution in [-0.4, -0.2) is 31.5 Å². The first-order valence-corrected chi connectivity index (χ1v) is 7.02. The standard InChI is InChI=1S/C16H22N4O.HI/c1-3-11-18-16(17-4-2)19-12-10-15(21)20-13-14-8-6-5-7-9-14;/h1,5-9H,4,10-13H2,2H3,(H,20,21)(H2,17,18,19);1H. The summed E-state index contributed by atoms with van der Waals surface area (Å²) in [5.41, 5.74) is 1.08. The van der Waals surface area contributed by atoms with Crippen LogP contribution in [0.4, 0.5) is 0 Å². The summed E-state index contributed by atoms with van der Waals surface area (Å²) in [4.78, 5) is 16.0. The molecule has 0 aliphatic heterocycles. The highest BCUT2D eigenvalue weighted by Crippen LogP contribution is 1.97. The Morgan fingerprint density at radius 3 is 2.59 bits per heavy atom. The number of guanidine groups is 1. The molecule has 0 saturated carbocycles. The van der Waals surface area contributed by atoms with Crippen molar-refractivity contribution in [3.8, 4) is 12.3 Å². The van der Waals surface area contributed by atoms with Crippen molar-refractivity contribution < 1.29 is 4.79 Å². The quantitative estimate of drug-likeness (QED) is 0.274. The number of nitrogens with one attached hydrogen (secondary N) is 3. The van der Waals surface area contributed by atoms with Gasteiger partial charge in [-0.25, -0.2) is 0 Å². The van der Waals surface area contributed by atoms with Gasteiger partial charge < -0.3 is 16.0 Å². The number of rotatable bonds is 7. The van der Waals surface area contributed by atoms with Crippen molar-refractivity contribution in [2.75, 3.05) is 19.6 Å². The van der Waals surface area contributed by atoms with E-state index in [0.29, 0.717) is 32.0 Å². The first-order valence-electron chi connectivity index (χ1n) is 7.02. The van der Waals surface area contributed by atoms with Gasteiger partial charge in [0.1, 0.15) is 0 Å². The van der Waals surface area contributed by atoms with Gasteiger partial charge >= 0.3 is 0 Å².